The van der Waals surface area contributed by atoms with E-state index >= 15 is 0 Å². The average molecular weight is 353 g/mol. The number of nitrogens with zero attached hydrogens (tertiary/aromatic N) is 3. The van der Waals surface area contributed by atoms with Gasteiger partial charge in [0.15, 0.2) is 0 Å². The molecule has 2 aromatic rings. The van der Waals surface area contributed by atoms with Crippen LogP contribution in [0.2, 0.25) is 0 Å². The van der Waals surface area contributed by atoms with Crippen LogP contribution in [-0.4, -0.2) is 23.1 Å². The summed E-state index contributed by atoms with van der Waals surface area (Å²) in [6.07, 6.45) is 5.50. The van der Waals surface area contributed by atoms with Crippen molar-refractivity contribution in [2.45, 2.75) is 25.8 Å². The zero-order valence-corrected chi connectivity index (χ0v) is 13.6. The first-order valence-electron chi connectivity index (χ1n) is 6.85. The molecule has 0 saturated carbocycles. The molecule has 1 aliphatic rings. The molecule has 1 fully saturated rings. The van der Waals surface area contributed by atoms with Crippen LogP contribution in [0.3, 0.4) is 0 Å². The Kier molecular flexibility index (Phi) is 4.52. The second-order valence-electron chi connectivity index (χ2n) is 4.85. The molecule has 0 amide bonds. The predicted molar refractivity (Wildman–Crippen MR) is 87.4 cm³/mol. The quantitative estimate of drug-likeness (QED) is 0.905. The van der Waals surface area contributed by atoms with Crippen LogP contribution >= 0.6 is 27.3 Å². The lowest BCUT2D eigenvalue weighted by Gasteiger charge is -2.27. The van der Waals surface area contributed by atoms with Gasteiger partial charge < -0.3 is 10.2 Å². The number of halogens is 1. The van der Waals surface area contributed by atoms with Gasteiger partial charge in [-0.3, -0.25) is 0 Å². The van der Waals surface area contributed by atoms with Crippen LogP contribution in [0.4, 0.5) is 11.6 Å². The highest BCUT2D eigenvalue weighted by molar-refractivity contribution is 9.10. The van der Waals surface area contributed by atoms with Gasteiger partial charge in [0.05, 0.1) is 6.54 Å². The lowest BCUT2D eigenvalue weighted by Crippen LogP contribution is -2.30. The number of aromatic nitrogens is 2. The molecule has 2 aromatic heterocycles. The first kappa shape index (κ1) is 13.8. The minimum atomic E-state index is 0.786. The van der Waals surface area contributed by atoms with Gasteiger partial charge in [0.1, 0.15) is 18.0 Å². The molecular formula is C14H17BrN4S. The van der Waals surface area contributed by atoms with Crippen LogP contribution in [0.5, 0.6) is 0 Å². The van der Waals surface area contributed by atoms with Crippen LogP contribution < -0.4 is 10.2 Å². The van der Waals surface area contributed by atoms with E-state index in [1.165, 1.54) is 24.1 Å². The molecule has 0 radical (unpaired) electrons. The minimum Gasteiger partial charge on any atom is -0.365 e. The monoisotopic (exact) mass is 352 g/mol. The van der Waals surface area contributed by atoms with Gasteiger partial charge in [0.25, 0.3) is 0 Å². The molecule has 6 heteroatoms. The van der Waals surface area contributed by atoms with E-state index in [-0.39, 0.29) is 0 Å². The van der Waals surface area contributed by atoms with E-state index in [4.69, 9.17) is 0 Å². The lowest BCUT2D eigenvalue weighted by molar-refractivity contribution is 0.573. The summed E-state index contributed by atoms with van der Waals surface area (Å²) < 4.78 is 1.15. The summed E-state index contributed by atoms with van der Waals surface area (Å²) in [6.45, 7) is 2.99. The highest BCUT2D eigenvalue weighted by Gasteiger charge is 2.12. The van der Waals surface area contributed by atoms with Crippen molar-refractivity contribution in [3.05, 3.63) is 33.2 Å². The molecule has 4 nitrogen and oxygen atoms in total. The van der Waals surface area contributed by atoms with E-state index in [9.17, 15) is 0 Å². The van der Waals surface area contributed by atoms with Crippen molar-refractivity contribution < 1.29 is 0 Å². The normalized spacial score (nSPS) is 15.3. The molecule has 0 spiro atoms. The largest absolute Gasteiger partial charge is 0.365 e. The van der Waals surface area contributed by atoms with Crippen LogP contribution in [0.25, 0.3) is 0 Å². The van der Waals surface area contributed by atoms with Gasteiger partial charge in [0, 0.05) is 28.5 Å². The fraction of sp³-hybridized carbons (Fsp3) is 0.429. The first-order valence-corrected chi connectivity index (χ1v) is 8.53. The molecule has 0 bridgehead atoms. The lowest BCUT2D eigenvalue weighted by atomic mass is 10.1. The van der Waals surface area contributed by atoms with Crippen molar-refractivity contribution >= 4 is 38.9 Å². The number of anilines is 2. The second kappa shape index (κ2) is 6.54. The van der Waals surface area contributed by atoms with E-state index in [0.717, 1.165) is 35.7 Å². The Balaban J connectivity index is 1.66. The topological polar surface area (TPSA) is 41.0 Å². The molecule has 3 rings (SSSR count). The SMILES string of the molecule is Brc1ccsc1CNc1cc(N2CCCCC2)ncn1. The van der Waals surface area contributed by atoms with E-state index in [0.29, 0.717) is 0 Å². The molecule has 0 aromatic carbocycles. The van der Waals surface area contributed by atoms with Crippen molar-refractivity contribution in [3.8, 4) is 0 Å². The van der Waals surface area contributed by atoms with E-state index in [2.05, 4.69) is 47.6 Å². The average Bonchev–Trinajstić information content (AvgIpc) is 2.92. The molecule has 1 saturated heterocycles. The highest BCUT2D eigenvalue weighted by Crippen LogP contribution is 2.24. The Bertz CT molecular complexity index is 566. The number of hydrogen-bond acceptors (Lipinski definition) is 5. The van der Waals surface area contributed by atoms with E-state index < -0.39 is 0 Å². The number of piperidine rings is 1. The van der Waals surface area contributed by atoms with Crippen LogP contribution in [0, 0.1) is 0 Å². The van der Waals surface area contributed by atoms with Crippen molar-refractivity contribution in [1.29, 1.82) is 0 Å². The highest BCUT2D eigenvalue weighted by atomic mass is 79.9. The Hall–Kier alpha value is -1.14. The maximum atomic E-state index is 4.39. The zero-order valence-electron chi connectivity index (χ0n) is 11.2. The van der Waals surface area contributed by atoms with E-state index in [1.807, 2.05) is 6.07 Å². The summed E-state index contributed by atoms with van der Waals surface area (Å²) in [5.41, 5.74) is 0. The predicted octanol–water partition coefficient (Wildman–Crippen LogP) is 3.90. The summed E-state index contributed by atoms with van der Waals surface area (Å²) in [4.78, 5) is 12.3. The number of hydrogen-bond donors (Lipinski definition) is 1. The maximum absolute atomic E-state index is 4.39. The summed E-state index contributed by atoms with van der Waals surface area (Å²) in [6, 6.07) is 4.12. The summed E-state index contributed by atoms with van der Waals surface area (Å²) >= 11 is 5.28. The van der Waals surface area contributed by atoms with Gasteiger partial charge in [0.2, 0.25) is 0 Å². The molecular weight excluding hydrogens is 336 g/mol. The molecule has 3 heterocycles. The smallest absolute Gasteiger partial charge is 0.134 e. The fourth-order valence-corrected chi connectivity index (χ4v) is 3.79. The number of thiophene rings is 1. The minimum absolute atomic E-state index is 0.786. The van der Waals surface area contributed by atoms with Crippen LogP contribution in [0.15, 0.2) is 28.3 Å². The molecule has 0 atom stereocenters. The summed E-state index contributed by atoms with van der Waals surface area (Å²) in [7, 11) is 0. The first-order chi connectivity index (χ1) is 9.83. The van der Waals surface area contributed by atoms with E-state index in [1.54, 1.807) is 17.7 Å². The fourth-order valence-electron chi connectivity index (χ4n) is 2.36. The molecule has 0 unspecified atom stereocenters. The molecule has 1 aliphatic heterocycles. The van der Waals surface area contributed by atoms with Crippen molar-refractivity contribution in [1.82, 2.24) is 9.97 Å². The van der Waals surface area contributed by atoms with Gasteiger partial charge in [-0.1, -0.05) is 0 Å². The van der Waals surface area contributed by atoms with Gasteiger partial charge >= 0.3 is 0 Å². The molecule has 106 valence electrons. The third-order valence-electron chi connectivity index (χ3n) is 3.45. The standard InChI is InChI=1S/C14H17BrN4S/c15-11-4-7-20-12(11)9-16-13-8-14(18-10-17-13)19-5-2-1-3-6-19/h4,7-8,10H,1-3,5-6,9H2,(H,16,17,18). The Labute approximate surface area is 131 Å². The summed E-state index contributed by atoms with van der Waals surface area (Å²) in [5.74, 6) is 1.92. The molecule has 1 N–H and O–H groups in total. The Morgan fingerprint density at radius 2 is 2.10 bits per heavy atom. The van der Waals surface area contributed by atoms with Crippen LogP contribution in [-0.2, 0) is 6.54 Å². The summed E-state index contributed by atoms with van der Waals surface area (Å²) in [5, 5.41) is 5.45. The van der Waals surface area contributed by atoms with Crippen molar-refractivity contribution in [3.63, 3.8) is 0 Å². The van der Waals surface area contributed by atoms with Gasteiger partial charge in [-0.05, 0) is 46.6 Å². The Morgan fingerprint density at radius 3 is 2.85 bits per heavy atom. The number of rotatable bonds is 4. The molecule has 20 heavy (non-hydrogen) atoms. The maximum Gasteiger partial charge on any atom is 0.134 e. The third-order valence-corrected chi connectivity index (χ3v) is 5.38. The Morgan fingerprint density at radius 1 is 1.25 bits per heavy atom. The van der Waals surface area contributed by atoms with Crippen molar-refractivity contribution in [2.75, 3.05) is 23.3 Å². The second-order valence-corrected chi connectivity index (χ2v) is 6.71. The van der Waals surface area contributed by atoms with Crippen molar-refractivity contribution in [2.24, 2.45) is 0 Å². The zero-order chi connectivity index (χ0) is 13.8. The van der Waals surface area contributed by atoms with Gasteiger partial charge in [-0.2, -0.15) is 0 Å². The number of nitrogens with one attached hydrogen (secondary N) is 1. The molecule has 0 aliphatic carbocycles. The van der Waals surface area contributed by atoms with Crippen LogP contribution in [0.1, 0.15) is 24.1 Å². The van der Waals surface area contributed by atoms with Gasteiger partial charge in [-0.25, -0.2) is 9.97 Å². The van der Waals surface area contributed by atoms with Gasteiger partial charge in [-0.15, -0.1) is 11.3 Å². The third kappa shape index (κ3) is 3.30.